The molecule has 2 N–H and O–H groups in total. The Labute approximate surface area is 163 Å². The van der Waals surface area contributed by atoms with Crippen molar-refractivity contribution in [2.24, 2.45) is 7.05 Å². The van der Waals surface area contributed by atoms with Crippen molar-refractivity contribution in [1.29, 1.82) is 0 Å². The highest BCUT2D eigenvalue weighted by atomic mass is 35.5. The fraction of sp³-hybridized carbons (Fsp3) is 0.421. The van der Waals surface area contributed by atoms with E-state index < -0.39 is 6.04 Å². The molecule has 1 aliphatic heterocycles. The average molecular weight is 391 g/mol. The Morgan fingerprint density at radius 1 is 1.33 bits per heavy atom. The smallest absolute Gasteiger partial charge is 0.251 e. The molecule has 2 amide bonds. The van der Waals surface area contributed by atoms with Gasteiger partial charge in [0.05, 0.1) is 0 Å². The third-order valence-electron chi connectivity index (χ3n) is 4.62. The Balaban J connectivity index is 1.53. The van der Waals surface area contributed by atoms with Crippen molar-refractivity contribution in [3.05, 3.63) is 53.1 Å². The molecule has 1 fully saturated rings. The summed E-state index contributed by atoms with van der Waals surface area (Å²) >= 11 is 5.83. The summed E-state index contributed by atoms with van der Waals surface area (Å²) in [6.07, 6.45) is 4.83. The normalized spacial score (nSPS) is 20.7. The number of aryl methyl sites for hydroxylation is 1. The summed E-state index contributed by atoms with van der Waals surface area (Å²) in [5, 5.41) is 6.27. The standard InChI is InChI=1S/C19H23ClN4O3/c1-12(22-19(26)13-3-5-14(20)6-4-13)18(25)23-15-7-10-27-16(11-15)17-21-8-9-24(17)2/h3-6,8-9,12,15-16H,7,10-11H2,1-2H3,(H,22,26)(H,23,25). The Morgan fingerprint density at radius 2 is 2.07 bits per heavy atom. The fourth-order valence-electron chi connectivity index (χ4n) is 3.07. The van der Waals surface area contributed by atoms with E-state index >= 15 is 0 Å². The van der Waals surface area contributed by atoms with Crippen LogP contribution < -0.4 is 10.6 Å². The van der Waals surface area contributed by atoms with Crippen molar-refractivity contribution in [3.8, 4) is 0 Å². The lowest BCUT2D eigenvalue weighted by Gasteiger charge is -2.30. The number of carbonyl (C=O) groups excluding carboxylic acids is 2. The number of rotatable bonds is 5. The molecule has 7 nitrogen and oxygen atoms in total. The number of benzene rings is 1. The molecule has 3 unspecified atom stereocenters. The first-order valence-corrected chi connectivity index (χ1v) is 9.27. The van der Waals surface area contributed by atoms with Crippen molar-refractivity contribution in [2.45, 2.75) is 38.0 Å². The lowest BCUT2D eigenvalue weighted by atomic mass is 10.0. The van der Waals surface area contributed by atoms with Crippen LogP contribution in [0.3, 0.4) is 0 Å². The summed E-state index contributed by atoms with van der Waals surface area (Å²) in [6.45, 7) is 2.21. The van der Waals surface area contributed by atoms with Crippen LogP contribution in [0.1, 0.15) is 42.1 Å². The van der Waals surface area contributed by atoms with E-state index in [4.69, 9.17) is 16.3 Å². The monoisotopic (exact) mass is 390 g/mol. The van der Waals surface area contributed by atoms with Crippen LogP contribution in [0.5, 0.6) is 0 Å². The minimum atomic E-state index is -0.650. The van der Waals surface area contributed by atoms with Crippen LogP contribution >= 0.6 is 11.6 Å². The van der Waals surface area contributed by atoms with Gasteiger partial charge in [0.1, 0.15) is 18.0 Å². The predicted molar refractivity (Wildman–Crippen MR) is 101 cm³/mol. The number of amides is 2. The molecule has 0 aliphatic carbocycles. The first-order valence-electron chi connectivity index (χ1n) is 8.89. The second-order valence-corrected chi connectivity index (χ2v) is 7.12. The van der Waals surface area contributed by atoms with Gasteiger partial charge >= 0.3 is 0 Å². The number of hydrogen-bond donors (Lipinski definition) is 2. The zero-order chi connectivity index (χ0) is 19.4. The molecular formula is C19H23ClN4O3. The maximum absolute atomic E-state index is 12.5. The second kappa shape index (κ2) is 8.54. The Hall–Kier alpha value is -2.38. The van der Waals surface area contributed by atoms with E-state index in [1.54, 1.807) is 37.4 Å². The van der Waals surface area contributed by atoms with Crippen molar-refractivity contribution < 1.29 is 14.3 Å². The number of hydrogen-bond acceptors (Lipinski definition) is 4. The van der Waals surface area contributed by atoms with Crippen LogP contribution in [-0.2, 0) is 16.6 Å². The van der Waals surface area contributed by atoms with Crippen LogP contribution in [0, 0.1) is 0 Å². The van der Waals surface area contributed by atoms with Crippen LogP contribution in [0.2, 0.25) is 5.02 Å². The number of ether oxygens (including phenoxy) is 1. The van der Waals surface area contributed by atoms with E-state index in [-0.39, 0.29) is 24.0 Å². The van der Waals surface area contributed by atoms with Gasteiger partial charge in [0.25, 0.3) is 5.91 Å². The number of aromatic nitrogens is 2. The average Bonchev–Trinajstić information content (AvgIpc) is 3.08. The van der Waals surface area contributed by atoms with Crippen molar-refractivity contribution in [3.63, 3.8) is 0 Å². The van der Waals surface area contributed by atoms with Crippen LogP contribution in [-0.4, -0.2) is 40.1 Å². The van der Waals surface area contributed by atoms with Crippen molar-refractivity contribution in [1.82, 2.24) is 20.2 Å². The summed E-state index contributed by atoms with van der Waals surface area (Å²) in [5.74, 6) is 0.313. The number of nitrogens with one attached hydrogen (secondary N) is 2. The molecule has 0 spiro atoms. The number of carbonyl (C=O) groups is 2. The molecule has 1 aromatic carbocycles. The SMILES string of the molecule is CC(NC(=O)c1ccc(Cl)cc1)C(=O)NC1CCOC(c2nccn2C)C1. The van der Waals surface area contributed by atoms with E-state index in [0.717, 1.165) is 12.2 Å². The van der Waals surface area contributed by atoms with Gasteiger partial charge in [-0.15, -0.1) is 0 Å². The maximum atomic E-state index is 12.5. The van der Waals surface area contributed by atoms with Crippen LogP contribution in [0.4, 0.5) is 0 Å². The Morgan fingerprint density at radius 3 is 2.74 bits per heavy atom. The number of halogens is 1. The van der Waals surface area contributed by atoms with Crippen molar-refractivity contribution in [2.75, 3.05) is 6.61 Å². The topological polar surface area (TPSA) is 85.2 Å². The molecule has 27 heavy (non-hydrogen) atoms. The van der Waals surface area contributed by atoms with E-state index in [9.17, 15) is 9.59 Å². The third kappa shape index (κ3) is 4.87. The van der Waals surface area contributed by atoms with Gasteiger partial charge in [-0.05, 0) is 37.6 Å². The minimum Gasteiger partial charge on any atom is -0.370 e. The molecule has 1 saturated heterocycles. The van der Waals surface area contributed by atoms with Crippen LogP contribution in [0.15, 0.2) is 36.7 Å². The molecule has 2 aromatic rings. The molecule has 0 radical (unpaired) electrons. The zero-order valence-electron chi connectivity index (χ0n) is 15.3. The zero-order valence-corrected chi connectivity index (χ0v) is 16.1. The molecule has 3 atom stereocenters. The first-order chi connectivity index (χ1) is 12.9. The molecule has 1 aliphatic rings. The van der Waals surface area contributed by atoms with Gasteiger partial charge in [-0.2, -0.15) is 0 Å². The van der Waals surface area contributed by atoms with Gasteiger partial charge in [-0.25, -0.2) is 4.98 Å². The molecule has 1 aromatic heterocycles. The first kappa shape index (κ1) is 19.4. The summed E-state index contributed by atoms with van der Waals surface area (Å²) in [6, 6.07) is 5.85. The number of nitrogens with zero attached hydrogens (tertiary/aromatic N) is 2. The maximum Gasteiger partial charge on any atom is 0.251 e. The van der Waals surface area contributed by atoms with Gasteiger partial charge in [0, 0.05) is 49.1 Å². The molecular weight excluding hydrogens is 368 g/mol. The quantitative estimate of drug-likeness (QED) is 0.819. The largest absolute Gasteiger partial charge is 0.370 e. The van der Waals surface area contributed by atoms with Gasteiger partial charge in [0.15, 0.2) is 0 Å². The second-order valence-electron chi connectivity index (χ2n) is 6.69. The van der Waals surface area contributed by atoms with Crippen LogP contribution in [0.25, 0.3) is 0 Å². The van der Waals surface area contributed by atoms with Gasteiger partial charge in [-0.1, -0.05) is 11.6 Å². The summed E-state index contributed by atoms with van der Waals surface area (Å²) < 4.78 is 7.71. The molecule has 0 bridgehead atoms. The molecule has 2 heterocycles. The van der Waals surface area contributed by atoms with Gasteiger partial charge < -0.3 is 19.9 Å². The highest BCUT2D eigenvalue weighted by molar-refractivity contribution is 6.30. The Bertz CT molecular complexity index is 806. The molecule has 0 saturated carbocycles. The lowest BCUT2D eigenvalue weighted by Crippen LogP contribution is -2.49. The highest BCUT2D eigenvalue weighted by Crippen LogP contribution is 2.26. The van der Waals surface area contributed by atoms with E-state index in [1.807, 2.05) is 17.8 Å². The molecule has 3 rings (SSSR count). The van der Waals surface area contributed by atoms with E-state index in [1.165, 1.54) is 0 Å². The van der Waals surface area contributed by atoms with E-state index in [2.05, 4.69) is 15.6 Å². The third-order valence-corrected chi connectivity index (χ3v) is 4.88. The fourth-order valence-corrected chi connectivity index (χ4v) is 3.19. The van der Waals surface area contributed by atoms with E-state index in [0.29, 0.717) is 23.6 Å². The van der Waals surface area contributed by atoms with Gasteiger partial charge in [0.2, 0.25) is 5.91 Å². The highest BCUT2D eigenvalue weighted by Gasteiger charge is 2.28. The number of imidazole rings is 1. The summed E-state index contributed by atoms with van der Waals surface area (Å²) in [4.78, 5) is 29.1. The predicted octanol–water partition coefficient (Wildman–Crippen LogP) is 2.23. The molecule has 144 valence electrons. The van der Waals surface area contributed by atoms with Gasteiger partial charge in [-0.3, -0.25) is 9.59 Å². The lowest BCUT2D eigenvalue weighted by molar-refractivity contribution is -0.124. The minimum absolute atomic E-state index is 0.0252. The summed E-state index contributed by atoms with van der Waals surface area (Å²) in [7, 11) is 1.92. The Kier molecular flexibility index (Phi) is 6.13. The van der Waals surface area contributed by atoms with Crippen molar-refractivity contribution >= 4 is 23.4 Å². The summed E-state index contributed by atoms with van der Waals surface area (Å²) in [5.41, 5.74) is 0.458. The molecule has 8 heteroatoms.